The molecule has 2 aromatic carbocycles. The van der Waals surface area contributed by atoms with Crippen LogP contribution in [0.1, 0.15) is 28.2 Å². The van der Waals surface area contributed by atoms with Crippen molar-refractivity contribution in [2.45, 2.75) is 18.2 Å². The molecule has 4 N–H and O–H groups in total. The minimum atomic E-state index is -4.12. The summed E-state index contributed by atoms with van der Waals surface area (Å²) < 4.78 is 30.7. The van der Waals surface area contributed by atoms with E-state index in [1.807, 2.05) is 4.90 Å². The summed E-state index contributed by atoms with van der Waals surface area (Å²) in [5, 5.41) is 20.7. The number of sulfonamides is 1. The molecule has 0 atom stereocenters. The van der Waals surface area contributed by atoms with Gasteiger partial charge in [0.15, 0.2) is 0 Å². The number of aromatic nitrogens is 2. The summed E-state index contributed by atoms with van der Waals surface area (Å²) in [6.45, 7) is 3.46. The molecule has 11 heteroatoms. The van der Waals surface area contributed by atoms with E-state index in [1.54, 1.807) is 43.3 Å². The van der Waals surface area contributed by atoms with Gasteiger partial charge in [0.2, 0.25) is 10.0 Å². The summed E-state index contributed by atoms with van der Waals surface area (Å²) in [5.74, 6) is 0.293. The first kappa shape index (κ1) is 22.5. The van der Waals surface area contributed by atoms with E-state index < -0.39 is 15.9 Å². The number of rotatable bonds is 6. The van der Waals surface area contributed by atoms with Crippen LogP contribution in [0, 0.1) is 12.3 Å². The van der Waals surface area contributed by atoms with Gasteiger partial charge in [-0.05, 0) is 55.8 Å². The molecule has 1 saturated heterocycles. The van der Waals surface area contributed by atoms with E-state index in [9.17, 15) is 13.2 Å². The van der Waals surface area contributed by atoms with E-state index in [-0.39, 0.29) is 16.3 Å². The Morgan fingerprint density at radius 3 is 2.42 bits per heavy atom. The van der Waals surface area contributed by atoms with Crippen LogP contribution in [0.2, 0.25) is 0 Å². The van der Waals surface area contributed by atoms with Crippen molar-refractivity contribution in [2.75, 3.05) is 25.5 Å². The van der Waals surface area contributed by atoms with Gasteiger partial charge in [-0.2, -0.15) is 5.10 Å². The van der Waals surface area contributed by atoms with Crippen molar-refractivity contribution in [2.24, 2.45) is 5.14 Å². The predicted molar refractivity (Wildman–Crippen MR) is 124 cm³/mol. The van der Waals surface area contributed by atoms with Crippen LogP contribution in [0.15, 0.2) is 53.4 Å². The molecule has 1 aliphatic rings. The lowest BCUT2D eigenvalue weighted by molar-refractivity contribution is 0.101. The summed E-state index contributed by atoms with van der Waals surface area (Å²) in [6.07, 6.45) is 1.09. The molecular formula is C22H24N6O4S. The van der Waals surface area contributed by atoms with Crippen molar-refractivity contribution in [3.05, 3.63) is 65.5 Å². The maximum atomic E-state index is 13.1. The number of benzene rings is 2. The molecule has 4 rings (SSSR count). The Morgan fingerprint density at radius 1 is 1.15 bits per heavy atom. The second kappa shape index (κ2) is 8.68. The van der Waals surface area contributed by atoms with E-state index in [2.05, 4.69) is 10.4 Å². The first-order chi connectivity index (χ1) is 15.7. The van der Waals surface area contributed by atoms with Gasteiger partial charge in [0.05, 0.1) is 18.5 Å². The molecule has 2 heterocycles. The minimum absolute atomic E-state index is 0.134. The zero-order valence-electron chi connectivity index (χ0n) is 18.2. The van der Waals surface area contributed by atoms with Crippen molar-refractivity contribution >= 4 is 27.5 Å². The minimum Gasteiger partial charge on any atom is -0.497 e. The third-order valence-electron chi connectivity index (χ3n) is 5.35. The average molecular weight is 469 g/mol. The Hall–Kier alpha value is -3.70. The molecule has 33 heavy (non-hydrogen) atoms. The number of amides is 1. The zero-order chi connectivity index (χ0) is 23.8. The van der Waals surface area contributed by atoms with Crippen molar-refractivity contribution in [1.82, 2.24) is 14.7 Å². The molecule has 172 valence electrons. The zero-order valence-corrected chi connectivity index (χ0v) is 19.0. The van der Waals surface area contributed by atoms with Crippen LogP contribution in [0.4, 0.5) is 5.69 Å². The first-order valence-electron chi connectivity index (χ1n) is 10.2. The molecule has 1 fully saturated rings. The fourth-order valence-corrected chi connectivity index (χ4v) is 4.22. The SMILES string of the molecule is COc1ccc(-n2nc(C)cc2C(=O)Nc2ccc(C(=N)N3CCC3)cc2)c(S(N)(=O)=O)c1. The molecule has 1 amide bonds. The van der Waals surface area contributed by atoms with Crippen LogP contribution in [-0.4, -0.2) is 55.0 Å². The number of anilines is 1. The number of methoxy groups -OCH3 is 1. The molecule has 0 spiro atoms. The van der Waals surface area contributed by atoms with Gasteiger partial charge in [-0.1, -0.05) is 0 Å². The number of carbonyl (C=O) groups excluding carboxylic acids is 1. The Balaban J connectivity index is 1.63. The summed E-state index contributed by atoms with van der Waals surface area (Å²) in [6, 6.07) is 12.9. The number of nitrogens with two attached hydrogens (primary N) is 1. The topological polar surface area (TPSA) is 143 Å². The van der Waals surface area contributed by atoms with Crippen molar-refractivity contribution in [3.8, 4) is 11.4 Å². The summed E-state index contributed by atoms with van der Waals surface area (Å²) in [5.41, 5.74) is 2.10. The maximum absolute atomic E-state index is 13.1. The monoisotopic (exact) mass is 468 g/mol. The lowest BCUT2D eigenvalue weighted by Crippen LogP contribution is -2.42. The predicted octanol–water partition coefficient (Wildman–Crippen LogP) is 2.12. The molecule has 0 saturated carbocycles. The Kier molecular flexibility index (Phi) is 5.91. The molecule has 0 radical (unpaired) electrons. The molecule has 1 aromatic heterocycles. The molecule has 3 aromatic rings. The van der Waals surface area contributed by atoms with Crippen LogP contribution < -0.4 is 15.2 Å². The molecule has 10 nitrogen and oxygen atoms in total. The number of amidine groups is 1. The number of ether oxygens (including phenoxy) is 1. The number of aryl methyl sites for hydroxylation is 1. The molecule has 0 bridgehead atoms. The smallest absolute Gasteiger partial charge is 0.274 e. The van der Waals surface area contributed by atoms with E-state index in [0.717, 1.165) is 25.1 Å². The molecule has 0 unspecified atom stereocenters. The Bertz CT molecular complexity index is 1330. The highest BCUT2D eigenvalue weighted by Crippen LogP contribution is 2.26. The number of hydrogen-bond acceptors (Lipinski definition) is 6. The van der Waals surface area contributed by atoms with Gasteiger partial charge in [0, 0.05) is 30.4 Å². The van der Waals surface area contributed by atoms with Crippen LogP contribution in [0.3, 0.4) is 0 Å². The highest BCUT2D eigenvalue weighted by atomic mass is 32.2. The van der Waals surface area contributed by atoms with Gasteiger partial charge < -0.3 is 15.0 Å². The maximum Gasteiger partial charge on any atom is 0.274 e. The van der Waals surface area contributed by atoms with Gasteiger partial charge in [-0.3, -0.25) is 10.2 Å². The average Bonchev–Trinajstić information content (AvgIpc) is 3.13. The number of carbonyl (C=O) groups is 1. The first-order valence-corrected chi connectivity index (χ1v) is 11.7. The highest BCUT2D eigenvalue weighted by molar-refractivity contribution is 7.89. The molecular weight excluding hydrogens is 444 g/mol. The summed E-state index contributed by atoms with van der Waals surface area (Å²) >= 11 is 0. The second-order valence-corrected chi connectivity index (χ2v) is 9.21. The fourth-order valence-electron chi connectivity index (χ4n) is 3.50. The van der Waals surface area contributed by atoms with E-state index in [1.165, 1.54) is 23.9 Å². The summed E-state index contributed by atoms with van der Waals surface area (Å²) in [4.78, 5) is 14.8. The number of hydrogen-bond donors (Lipinski definition) is 3. The second-order valence-electron chi connectivity index (χ2n) is 7.68. The number of nitrogens with zero attached hydrogens (tertiary/aromatic N) is 3. The van der Waals surface area contributed by atoms with Crippen molar-refractivity contribution in [1.29, 1.82) is 5.41 Å². The number of primary sulfonamides is 1. The van der Waals surface area contributed by atoms with E-state index in [4.69, 9.17) is 15.3 Å². The van der Waals surface area contributed by atoms with Gasteiger partial charge in [-0.25, -0.2) is 18.2 Å². The third kappa shape index (κ3) is 4.59. The summed E-state index contributed by atoms with van der Waals surface area (Å²) in [7, 11) is -2.71. The van der Waals surface area contributed by atoms with Gasteiger partial charge in [0.25, 0.3) is 5.91 Å². The fraction of sp³-hybridized carbons (Fsp3) is 0.227. The van der Waals surface area contributed by atoms with Gasteiger partial charge >= 0.3 is 0 Å². The normalized spacial score (nSPS) is 13.4. The van der Waals surface area contributed by atoms with Crippen molar-refractivity contribution in [3.63, 3.8) is 0 Å². The largest absolute Gasteiger partial charge is 0.497 e. The Morgan fingerprint density at radius 2 is 1.85 bits per heavy atom. The number of likely N-dealkylation sites (tertiary alicyclic amines) is 1. The van der Waals surface area contributed by atoms with Gasteiger partial charge in [-0.15, -0.1) is 0 Å². The highest BCUT2D eigenvalue weighted by Gasteiger charge is 2.23. The van der Waals surface area contributed by atoms with Crippen molar-refractivity contribution < 1.29 is 17.9 Å². The Labute approximate surface area is 191 Å². The van der Waals surface area contributed by atoms with E-state index in [0.29, 0.717) is 23.0 Å². The lowest BCUT2D eigenvalue weighted by atomic mass is 10.1. The van der Waals surface area contributed by atoms with Crippen LogP contribution >= 0.6 is 0 Å². The van der Waals surface area contributed by atoms with Gasteiger partial charge in [0.1, 0.15) is 22.2 Å². The van der Waals surface area contributed by atoms with Crippen LogP contribution in [0.25, 0.3) is 5.69 Å². The third-order valence-corrected chi connectivity index (χ3v) is 6.29. The lowest BCUT2D eigenvalue weighted by Gasteiger charge is -2.33. The standard InChI is InChI=1S/C22H24N6O4S/c1-14-12-19(28(26-14)18-9-8-17(32-2)13-20(18)33(24,30)31)22(29)25-16-6-4-15(5-7-16)21(23)27-10-3-11-27/h4-9,12-13,23H,3,10-11H2,1-2H3,(H,25,29)(H2,24,30,31). The van der Waals surface area contributed by atoms with Crippen LogP contribution in [-0.2, 0) is 10.0 Å². The van der Waals surface area contributed by atoms with E-state index >= 15 is 0 Å². The molecule has 0 aliphatic carbocycles. The quantitative estimate of drug-likeness (QED) is 0.373. The number of nitrogens with one attached hydrogen (secondary N) is 2. The van der Waals surface area contributed by atoms with Crippen LogP contribution in [0.5, 0.6) is 5.75 Å². The molecule has 1 aliphatic heterocycles.